The quantitative estimate of drug-likeness (QED) is 0.666. The summed E-state index contributed by atoms with van der Waals surface area (Å²) < 4.78 is 5.03. The first-order chi connectivity index (χ1) is 14.9. The molecule has 2 heterocycles. The monoisotopic (exact) mass is 443 g/mol. The van der Waals surface area contributed by atoms with Gasteiger partial charge in [0.2, 0.25) is 5.91 Å². The SMILES string of the molecule is COCCNC(=O)[C@@H](C)[C@H]1CC[C@@]2(C)Cc3sc(-c4cccnc4)nc3[C@@H](C)[C@@H]2[C@H]1O. The fraction of sp³-hybridized carbons (Fsp3) is 0.625. The van der Waals surface area contributed by atoms with E-state index in [1.807, 2.05) is 25.3 Å². The van der Waals surface area contributed by atoms with E-state index in [-0.39, 0.29) is 35.0 Å². The second kappa shape index (κ2) is 8.96. The van der Waals surface area contributed by atoms with Crippen LogP contribution in [0.1, 0.15) is 50.1 Å². The highest BCUT2D eigenvalue weighted by Crippen LogP contribution is 2.57. The summed E-state index contributed by atoms with van der Waals surface area (Å²) in [6, 6.07) is 3.99. The minimum absolute atomic E-state index is 0.00127. The maximum Gasteiger partial charge on any atom is 0.223 e. The van der Waals surface area contributed by atoms with Gasteiger partial charge in [0.25, 0.3) is 0 Å². The molecule has 31 heavy (non-hydrogen) atoms. The van der Waals surface area contributed by atoms with Crippen molar-refractivity contribution in [2.24, 2.45) is 23.2 Å². The van der Waals surface area contributed by atoms with Gasteiger partial charge in [0.15, 0.2) is 0 Å². The zero-order valence-electron chi connectivity index (χ0n) is 18.8. The fourth-order valence-corrected chi connectivity index (χ4v) is 7.14. The molecule has 6 nitrogen and oxygen atoms in total. The number of carbonyl (C=O) groups is 1. The molecule has 0 bridgehead atoms. The highest BCUT2D eigenvalue weighted by molar-refractivity contribution is 7.15. The van der Waals surface area contributed by atoms with E-state index in [0.717, 1.165) is 35.5 Å². The number of thiazole rings is 1. The predicted octanol–water partition coefficient (Wildman–Crippen LogP) is 3.66. The highest BCUT2D eigenvalue weighted by Gasteiger charge is 2.53. The van der Waals surface area contributed by atoms with Crippen LogP contribution in [0.15, 0.2) is 24.5 Å². The molecule has 0 aromatic carbocycles. The molecular formula is C24H33N3O3S. The van der Waals surface area contributed by atoms with Crippen molar-refractivity contribution < 1.29 is 14.6 Å². The van der Waals surface area contributed by atoms with Gasteiger partial charge in [0.1, 0.15) is 5.01 Å². The molecule has 0 aliphatic heterocycles. The van der Waals surface area contributed by atoms with Crippen LogP contribution >= 0.6 is 11.3 Å². The van der Waals surface area contributed by atoms with Crippen molar-refractivity contribution in [3.8, 4) is 10.6 Å². The number of fused-ring (bicyclic) bond motifs is 2. The minimum atomic E-state index is -0.520. The van der Waals surface area contributed by atoms with Crippen LogP contribution in [0.4, 0.5) is 0 Å². The molecule has 0 unspecified atom stereocenters. The molecule has 2 aromatic heterocycles. The number of hydrogen-bond acceptors (Lipinski definition) is 6. The van der Waals surface area contributed by atoms with Crippen molar-refractivity contribution in [3.05, 3.63) is 35.1 Å². The highest BCUT2D eigenvalue weighted by atomic mass is 32.1. The van der Waals surface area contributed by atoms with Crippen LogP contribution in [0, 0.1) is 23.2 Å². The summed E-state index contributed by atoms with van der Waals surface area (Å²) in [5.74, 6) is -0.0254. The summed E-state index contributed by atoms with van der Waals surface area (Å²) >= 11 is 1.76. The first-order valence-electron chi connectivity index (χ1n) is 11.2. The molecule has 1 saturated carbocycles. The molecule has 168 valence electrons. The van der Waals surface area contributed by atoms with Crippen molar-refractivity contribution in [1.82, 2.24) is 15.3 Å². The van der Waals surface area contributed by atoms with Crippen LogP contribution in [-0.4, -0.2) is 47.3 Å². The van der Waals surface area contributed by atoms with E-state index in [9.17, 15) is 9.90 Å². The molecule has 4 rings (SSSR count). The van der Waals surface area contributed by atoms with E-state index in [1.165, 1.54) is 4.88 Å². The first-order valence-corrected chi connectivity index (χ1v) is 12.0. The molecule has 2 N–H and O–H groups in total. The van der Waals surface area contributed by atoms with Crippen molar-refractivity contribution in [2.45, 2.75) is 52.1 Å². The van der Waals surface area contributed by atoms with Crippen molar-refractivity contribution in [1.29, 1.82) is 0 Å². The Balaban J connectivity index is 1.56. The summed E-state index contributed by atoms with van der Waals surface area (Å²) in [7, 11) is 1.62. The Hall–Kier alpha value is -1.83. The lowest BCUT2D eigenvalue weighted by atomic mass is 9.53. The Kier molecular flexibility index (Phi) is 6.47. The van der Waals surface area contributed by atoms with Crippen LogP contribution in [-0.2, 0) is 16.0 Å². The largest absolute Gasteiger partial charge is 0.392 e. The maximum absolute atomic E-state index is 12.6. The van der Waals surface area contributed by atoms with Gasteiger partial charge in [-0.05, 0) is 48.6 Å². The number of pyridine rings is 1. The van der Waals surface area contributed by atoms with Crippen molar-refractivity contribution in [2.75, 3.05) is 20.3 Å². The van der Waals surface area contributed by atoms with Gasteiger partial charge in [-0.2, -0.15) is 0 Å². The number of amides is 1. The standard InChI is InChI=1S/C24H33N3O3S/c1-14(22(29)26-10-11-30-4)17-7-8-24(3)12-18-20(15(2)19(24)21(17)28)27-23(31-18)16-6-5-9-25-13-16/h5-6,9,13-15,17,19,21,28H,7-8,10-12H2,1-4H3,(H,26,29)/t14-,15-,17+,19+,21-,24-/m0/s1. The molecule has 2 aliphatic carbocycles. The maximum atomic E-state index is 12.6. The van der Waals surface area contributed by atoms with E-state index >= 15 is 0 Å². The normalized spacial score (nSPS) is 30.9. The Morgan fingerprint density at radius 1 is 1.48 bits per heavy atom. The number of ether oxygens (including phenoxy) is 1. The lowest BCUT2D eigenvalue weighted by Gasteiger charge is -2.53. The van der Waals surface area contributed by atoms with E-state index in [0.29, 0.717) is 13.2 Å². The summed E-state index contributed by atoms with van der Waals surface area (Å²) in [6.07, 6.45) is 5.93. The molecule has 1 fully saturated rings. The van der Waals surface area contributed by atoms with E-state index in [1.54, 1.807) is 24.6 Å². The zero-order valence-corrected chi connectivity index (χ0v) is 19.6. The Morgan fingerprint density at radius 2 is 2.29 bits per heavy atom. The first kappa shape index (κ1) is 22.4. The third kappa shape index (κ3) is 4.15. The molecule has 0 spiro atoms. The smallest absolute Gasteiger partial charge is 0.223 e. The molecule has 0 saturated heterocycles. The number of aliphatic hydroxyl groups is 1. The van der Waals surface area contributed by atoms with E-state index in [2.05, 4.69) is 24.1 Å². The molecule has 7 heteroatoms. The molecule has 6 atom stereocenters. The van der Waals surface area contributed by atoms with Crippen molar-refractivity contribution >= 4 is 17.2 Å². The van der Waals surface area contributed by atoms with Gasteiger partial charge in [-0.25, -0.2) is 4.98 Å². The molecule has 0 radical (unpaired) electrons. The number of nitrogens with zero attached hydrogens (tertiary/aromatic N) is 2. The summed E-state index contributed by atoms with van der Waals surface area (Å²) in [4.78, 5) is 23.2. The van der Waals surface area contributed by atoms with Crippen LogP contribution in [0.3, 0.4) is 0 Å². The van der Waals surface area contributed by atoms with Gasteiger partial charge in [-0.1, -0.05) is 20.8 Å². The van der Waals surface area contributed by atoms with Gasteiger partial charge in [0, 0.05) is 48.3 Å². The molecule has 1 amide bonds. The Morgan fingerprint density at radius 3 is 3.00 bits per heavy atom. The molecule has 2 aromatic rings. The molecule has 2 aliphatic rings. The average molecular weight is 444 g/mol. The van der Waals surface area contributed by atoms with Gasteiger partial charge < -0.3 is 15.2 Å². The Bertz CT molecular complexity index is 918. The lowest BCUT2D eigenvalue weighted by molar-refractivity contribution is -0.135. The second-order valence-corrected chi connectivity index (χ2v) is 10.6. The van der Waals surface area contributed by atoms with Crippen LogP contribution < -0.4 is 5.32 Å². The second-order valence-electron chi connectivity index (χ2n) is 9.48. The number of aromatic nitrogens is 2. The van der Waals surface area contributed by atoms with Crippen LogP contribution in [0.2, 0.25) is 0 Å². The summed E-state index contributed by atoms with van der Waals surface area (Å²) in [6.45, 7) is 7.45. The number of methoxy groups -OCH3 is 1. The van der Waals surface area contributed by atoms with Crippen molar-refractivity contribution in [3.63, 3.8) is 0 Å². The van der Waals surface area contributed by atoms with Gasteiger partial charge >= 0.3 is 0 Å². The number of carbonyl (C=O) groups excluding carboxylic acids is 1. The number of nitrogens with one attached hydrogen (secondary N) is 1. The van der Waals surface area contributed by atoms with Crippen LogP contribution in [0.25, 0.3) is 10.6 Å². The lowest BCUT2D eigenvalue weighted by Crippen LogP contribution is -2.53. The minimum Gasteiger partial charge on any atom is -0.392 e. The Labute approximate surface area is 188 Å². The third-order valence-electron chi connectivity index (χ3n) is 7.49. The predicted molar refractivity (Wildman–Crippen MR) is 122 cm³/mol. The average Bonchev–Trinajstić information content (AvgIpc) is 3.18. The van der Waals surface area contributed by atoms with Gasteiger partial charge in [-0.15, -0.1) is 11.3 Å². The fourth-order valence-electron chi connectivity index (χ4n) is 5.79. The number of aliphatic hydroxyl groups excluding tert-OH is 1. The number of rotatable bonds is 6. The summed E-state index contributed by atoms with van der Waals surface area (Å²) in [5, 5.41) is 15.4. The van der Waals surface area contributed by atoms with Crippen LogP contribution in [0.5, 0.6) is 0 Å². The third-order valence-corrected chi connectivity index (χ3v) is 8.61. The number of hydrogen-bond donors (Lipinski definition) is 2. The molecular weight excluding hydrogens is 410 g/mol. The van der Waals surface area contributed by atoms with Gasteiger partial charge in [0.05, 0.1) is 18.4 Å². The van der Waals surface area contributed by atoms with E-state index < -0.39 is 6.10 Å². The van der Waals surface area contributed by atoms with Gasteiger partial charge in [-0.3, -0.25) is 9.78 Å². The van der Waals surface area contributed by atoms with E-state index in [4.69, 9.17) is 9.72 Å². The zero-order chi connectivity index (χ0) is 22.2. The summed E-state index contributed by atoms with van der Waals surface area (Å²) in [5.41, 5.74) is 2.18. The topological polar surface area (TPSA) is 84.3 Å².